The fourth-order valence-corrected chi connectivity index (χ4v) is 5.90. The van der Waals surface area contributed by atoms with Crippen LogP contribution in [0.5, 0.6) is 0 Å². The van der Waals surface area contributed by atoms with Crippen molar-refractivity contribution in [3.8, 4) is 0 Å². The molecule has 0 aliphatic carbocycles. The van der Waals surface area contributed by atoms with Crippen LogP contribution >= 0.6 is 11.3 Å². The molecule has 0 spiro atoms. The number of benzene rings is 3. The van der Waals surface area contributed by atoms with Crippen LogP contribution in [0.4, 0.5) is 5.69 Å². The molecule has 37 heavy (non-hydrogen) atoms. The second-order valence-electron chi connectivity index (χ2n) is 8.37. The van der Waals surface area contributed by atoms with E-state index in [1.807, 2.05) is 12.1 Å². The Morgan fingerprint density at radius 2 is 1.76 bits per heavy atom. The Labute approximate surface area is 219 Å². The van der Waals surface area contributed by atoms with Crippen molar-refractivity contribution in [1.29, 1.82) is 0 Å². The molecule has 10 heteroatoms. The summed E-state index contributed by atoms with van der Waals surface area (Å²) in [5.41, 5.74) is 2.59. The lowest BCUT2D eigenvalue weighted by atomic mass is 10.1. The quantitative estimate of drug-likeness (QED) is 0.310. The third-order valence-corrected chi connectivity index (χ3v) is 8.15. The zero-order valence-electron chi connectivity index (χ0n) is 20.5. The average molecular weight is 538 g/mol. The van der Waals surface area contributed by atoms with Crippen LogP contribution in [-0.2, 0) is 32.5 Å². The smallest absolute Gasteiger partial charge is 0.325 e. The van der Waals surface area contributed by atoms with Crippen molar-refractivity contribution in [1.82, 2.24) is 4.57 Å². The molecule has 8 nitrogen and oxygen atoms in total. The van der Waals surface area contributed by atoms with E-state index >= 15 is 0 Å². The number of aromatic nitrogens is 1. The minimum Gasteiger partial charge on any atom is -0.468 e. The topological polar surface area (TPSA) is 107 Å². The first-order valence-electron chi connectivity index (χ1n) is 11.8. The molecule has 0 radical (unpaired) electrons. The number of thiazole rings is 1. The summed E-state index contributed by atoms with van der Waals surface area (Å²) in [6.45, 7) is 2.07. The van der Waals surface area contributed by atoms with E-state index in [2.05, 4.69) is 22.7 Å². The van der Waals surface area contributed by atoms with Gasteiger partial charge in [0.25, 0.3) is 15.9 Å². The first kappa shape index (κ1) is 26.3. The molecule has 1 N–H and O–H groups in total. The Morgan fingerprint density at radius 1 is 1.03 bits per heavy atom. The number of esters is 1. The number of carbonyl (C=O) groups excluding carboxylic acids is 2. The number of anilines is 1. The van der Waals surface area contributed by atoms with E-state index in [4.69, 9.17) is 4.74 Å². The summed E-state index contributed by atoms with van der Waals surface area (Å²) in [7, 11) is -2.43. The van der Waals surface area contributed by atoms with Crippen molar-refractivity contribution in [2.24, 2.45) is 4.99 Å². The molecule has 192 valence electrons. The molecule has 0 aliphatic rings. The summed E-state index contributed by atoms with van der Waals surface area (Å²) in [4.78, 5) is 29.9. The van der Waals surface area contributed by atoms with Gasteiger partial charge in [-0.05, 0) is 66.9 Å². The number of fused-ring (bicyclic) bond motifs is 1. The Hall–Kier alpha value is -3.76. The highest BCUT2D eigenvalue weighted by atomic mass is 32.2. The van der Waals surface area contributed by atoms with Gasteiger partial charge in [0.05, 0.1) is 22.2 Å². The lowest BCUT2D eigenvalue weighted by Crippen LogP contribution is -2.22. The molecule has 0 atom stereocenters. The Morgan fingerprint density at radius 3 is 2.43 bits per heavy atom. The predicted octanol–water partition coefficient (Wildman–Crippen LogP) is 4.76. The van der Waals surface area contributed by atoms with E-state index in [-0.39, 0.29) is 17.0 Å². The first-order valence-corrected chi connectivity index (χ1v) is 14.1. The number of amides is 1. The molecular weight excluding hydrogens is 510 g/mol. The maximum Gasteiger partial charge on any atom is 0.325 e. The lowest BCUT2D eigenvalue weighted by Gasteiger charge is -2.08. The zero-order valence-corrected chi connectivity index (χ0v) is 22.1. The van der Waals surface area contributed by atoms with Crippen molar-refractivity contribution in [3.05, 3.63) is 88.7 Å². The van der Waals surface area contributed by atoms with Crippen LogP contribution < -0.4 is 9.52 Å². The number of nitrogens with one attached hydrogen (secondary N) is 1. The van der Waals surface area contributed by atoms with Gasteiger partial charge in [-0.2, -0.15) is 4.99 Å². The van der Waals surface area contributed by atoms with E-state index in [0.29, 0.717) is 10.5 Å². The molecule has 4 aromatic rings. The largest absolute Gasteiger partial charge is 0.468 e. The van der Waals surface area contributed by atoms with Crippen molar-refractivity contribution in [3.63, 3.8) is 0 Å². The maximum absolute atomic E-state index is 13.0. The van der Waals surface area contributed by atoms with Gasteiger partial charge in [-0.25, -0.2) is 8.42 Å². The highest BCUT2D eigenvalue weighted by molar-refractivity contribution is 7.92. The van der Waals surface area contributed by atoms with E-state index < -0.39 is 21.9 Å². The third kappa shape index (κ3) is 6.33. The van der Waals surface area contributed by atoms with E-state index in [1.54, 1.807) is 22.8 Å². The Bertz CT molecular complexity index is 1590. The number of hydrogen-bond acceptors (Lipinski definition) is 6. The van der Waals surface area contributed by atoms with Crippen molar-refractivity contribution >= 4 is 49.1 Å². The normalized spacial score (nSPS) is 12.0. The van der Waals surface area contributed by atoms with Gasteiger partial charge < -0.3 is 9.30 Å². The number of rotatable bonds is 9. The second-order valence-corrected chi connectivity index (χ2v) is 11.1. The van der Waals surface area contributed by atoms with Crippen molar-refractivity contribution in [2.75, 3.05) is 11.8 Å². The molecule has 0 saturated carbocycles. The molecule has 0 bridgehead atoms. The van der Waals surface area contributed by atoms with E-state index in [1.165, 1.54) is 60.4 Å². The number of nitrogens with zero attached hydrogens (tertiary/aromatic N) is 2. The monoisotopic (exact) mass is 537 g/mol. The minimum absolute atomic E-state index is 0.0723. The first-order chi connectivity index (χ1) is 17.8. The summed E-state index contributed by atoms with van der Waals surface area (Å²) >= 11 is 1.33. The Balaban J connectivity index is 1.63. The molecule has 1 aromatic heterocycles. The predicted molar refractivity (Wildman–Crippen MR) is 144 cm³/mol. The fourth-order valence-electron chi connectivity index (χ4n) is 3.73. The summed E-state index contributed by atoms with van der Waals surface area (Å²) in [5.74, 6) is -0.951. The summed E-state index contributed by atoms with van der Waals surface area (Å²) < 4.78 is 35.0. The van der Waals surface area contributed by atoms with E-state index in [9.17, 15) is 18.0 Å². The highest BCUT2D eigenvalue weighted by Crippen LogP contribution is 2.21. The fraction of sp³-hybridized carbons (Fsp3) is 0.222. The van der Waals surface area contributed by atoms with Crippen molar-refractivity contribution < 1.29 is 22.7 Å². The van der Waals surface area contributed by atoms with Gasteiger partial charge in [-0.3, -0.25) is 14.3 Å². The number of hydrogen-bond donors (Lipinski definition) is 1. The molecule has 0 fully saturated rings. The van der Waals surface area contributed by atoms with Gasteiger partial charge in [-0.15, -0.1) is 0 Å². The maximum atomic E-state index is 13.0. The molecule has 4 rings (SSSR count). The van der Waals surface area contributed by atoms with Gasteiger partial charge >= 0.3 is 5.97 Å². The molecule has 0 aliphatic heterocycles. The molecule has 1 amide bonds. The molecular formula is C27H27N3O5S2. The van der Waals surface area contributed by atoms with Gasteiger partial charge in [0, 0.05) is 11.3 Å². The van der Waals surface area contributed by atoms with E-state index in [0.717, 1.165) is 29.5 Å². The zero-order chi connectivity index (χ0) is 26.4. The number of aryl methyl sites for hydroxylation is 1. The number of sulfonamides is 1. The molecule has 0 saturated heterocycles. The number of unbranched alkanes of at least 4 members (excludes halogenated alkanes) is 1. The van der Waals surface area contributed by atoms with Crippen LogP contribution in [0.2, 0.25) is 0 Å². The van der Waals surface area contributed by atoms with Crippen LogP contribution in [0.1, 0.15) is 35.7 Å². The molecule has 0 unspecified atom stereocenters. The van der Waals surface area contributed by atoms with Gasteiger partial charge in [-0.1, -0.05) is 48.9 Å². The minimum atomic E-state index is -3.74. The molecule has 1 heterocycles. The van der Waals surface area contributed by atoms with Crippen LogP contribution in [0.3, 0.4) is 0 Å². The van der Waals surface area contributed by atoms with Gasteiger partial charge in [0.15, 0.2) is 4.80 Å². The standard InChI is InChI=1S/C27H27N3O5S2/c1-3-4-8-19-11-16-23-24(17-19)36-27(30(23)18-25(31)35-2)28-26(32)20-12-14-21(15-13-20)29-37(33,34)22-9-6-5-7-10-22/h5-7,9-17,29H,3-4,8,18H2,1-2H3. The Kier molecular flexibility index (Phi) is 8.20. The summed E-state index contributed by atoms with van der Waals surface area (Å²) in [6.07, 6.45) is 3.12. The number of methoxy groups -OCH3 is 1. The van der Waals surface area contributed by atoms with Gasteiger partial charge in [0.2, 0.25) is 0 Å². The highest BCUT2D eigenvalue weighted by Gasteiger charge is 2.15. The van der Waals surface area contributed by atoms with Crippen LogP contribution in [0.25, 0.3) is 10.2 Å². The van der Waals surface area contributed by atoms with Crippen LogP contribution in [-0.4, -0.2) is 32.0 Å². The third-order valence-electron chi connectivity index (χ3n) is 5.72. The SMILES string of the molecule is CCCCc1ccc2c(c1)sc(=NC(=O)c1ccc(NS(=O)(=O)c3ccccc3)cc1)n2CC(=O)OC. The second kappa shape index (κ2) is 11.5. The van der Waals surface area contributed by atoms with Gasteiger partial charge in [0.1, 0.15) is 6.54 Å². The molecule has 3 aromatic carbocycles. The number of carbonyl (C=O) groups is 2. The summed E-state index contributed by atoms with van der Waals surface area (Å²) in [5, 5.41) is 0. The van der Waals surface area contributed by atoms with Crippen molar-refractivity contribution in [2.45, 2.75) is 37.6 Å². The van der Waals surface area contributed by atoms with Crippen LogP contribution in [0.15, 0.2) is 82.7 Å². The lowest BCUT2D eigenvalue weighted by molar-refractivity contribution is -0.141. The number of ether oxygens (including phenoxy) is 1. The summed E-state index contributed by atoms with van der Waals surface area (Å²) in [6, 6.07) is 20.1. The average Bonchev–Trinajstić information content (AvgIpc) is 3.23. The van der Waals surface area contributed by atoms with Crippen LogP contribution in [0, 0.1) is 0 Å².